The Morgan fingerprint density at radius 3 is 2.36 bits per heavy atom. The lowest BCUT2D eigenvalue weighted by atomic mass is 10.1. The fourth-order valence-electron chi connectivity index (χ4n) is 4.01. The van der Waals surface area contributed by atoms with Gasteiger partial charge in [0.25, 0.3) is 0 Å². The van der Waals surface area contributed by atoms with Crippen LogP contribution in [0.5, 0.6) is 11.5 Å². The van der Waals surface area contributed by atoms with E-state index in [1.54, 1.807) is 31.4 Å². The number of hydrogen-bond acceptors (Lipinski definition) is 6. The van der Waals surface area contributed by atoms with Crippen molar-refractivity contribution in [3.63, 3.8) is 0 Å². The van der Waals surface area contributed by atoms with Crippen LogP contribution in [0.15, 0.2) is 77.6 Å². The summed E-state index contributed by atoms with van der Waals surface area (Å²) in [6, 6.07) is 22.1. The van der Waals surface area contributed by atoms with Gasteiger partial charge in [-0.25, -0.2) is 9.59 Å². The van der Waals surface area contributed by atoms with E-state index < -0.39 is 11.7 Å². The number of anilines is 1. The highest BCUT2D eigenvalue weighted by molar-refractivity contribution is 5.94. The number of benzene rings is 3. The molecule has 0 aliphatic heterocycles. The number of unbranched alkanes of at least 4 members (excludes halogenated alkanes) is 1. The molecule has 9 nitrogen and oxygen atoms in total. The maximum atomic E-state index is 13.7. The highest BCUT2D eigenvalue weighted by atomic mass is 16.5. The number of nitrogens with zero attached hydrogens (tertiary/aromatic N) is 5. The van der Waals surface area contributed by atoms with Gasteiger partial charge in [-0.2, -0.15) is 4.68 Å². The molecule has 1 amide bonds. The lowest BCUT2D eigenvalue weighted by Crippen LogP contribution is -2.42. The standard InChI is InChI=1S/C27H29N5O4/c1-20-16-17-25(36-3)23(19-20)30(18-10-9-13-21-11-5-4-6-12-21)26(33)32-27(34)31(28-29-32)22-14-7-8-15-24(22)35-2/h4-8,11-12,14-17,19H,9-10,13,18H2,1-3H3. The molecule has 186 valence electrons. The Kier molecular flexibility index (Phi) is 7.79. The number of aryl methyl sites for hydroxylation is 2. The zero-order chi connectivity index (χ0) is 25.5. The van der Waals surface area contributed by atoms with E-state index in [0.717, 1.165) is 27.8 Å². The molecule has 0 bridgehead atoms. The predicted octanol–water partition coefficient (Wildman–Crippen LogP) is 4.25. The number of hydrogen-bond donors (Lipinski definition) is 0. The van der Waals surface area contributed by atoms with Crippen LogP contribution in [0.2, 0.25) is 0 Å². The fraction of sp³-hybridized carbons (Fsp3) is 0.259. The average Bonchev–Trinajstić information content (AvgIpc) is 3.29. The highest BCUT2D eigenvalue weighted by Gasteiger charge is 2.26. The smallest absolute Gasteiger partial charge is 0.377 e. The van der Waals surface area contributed by atoms with Crippen LogP contribution in [0, 0.1) is 6.92 Å². The van der Waals surface area contributed by atoms with Crippen molar-refractivity contribution in [3.05, 3.63) is 94.4 Å². The molecule has 0 saturated carbocycles. The monoisotopic (exact) mass is 487 g/mol. The van der Waals surface area contributed by atoms with E-state index >= 15 is 0 Å². The molecule has 0 atom stereocenters. The first kappa shape index (κ1) is 24.7. The number of carbonyl (C=O) groups is 1. The van der Waals surface area contributed by atoms with Crippen LogP contribution < -0.4 is 20.1 Å². The molecule has 1 heterocycles. The molecule has 0 aliphatic carbocycles. The van der Waals surface area contributed by atoms with Gasteiger partial charge in [-0.05, 0) is 72.0 Å². The molecule has 9 heteroatoms. The third-order valence-electron chi connectivity index (χ3n) is 5.87. The minimum atomic E-state index is -0.689. The third kappa shape index (κ3) is 5.30. The van der Waals surface area contributed by atoms with Crippen molar-refractivity contribution in [2.24, 2.45) is 0 Å². The molecule has 36 heavy (non-hydrogen) atoms. The third-order valence-corrected chi connectivity index (χ3v) is 5.87. The van der Waals surface area contributed by atoms with Gasteiger partial charge in [-0.3, -0.25) is 4.90 Å². The van der Waals surface area contributed by atoms with Crippen molar-refractivity contribution in [1.82, 2.24) is 19.8 Å². The fourth-order valence-corrected chi connectivity index (χ4v) is 4.01. The van der Waals surface area contributed by atoms with Crippen molar-refractivity contribution in [2.45, 2.75) is 26.2 Å². The van der Waals surface area contributed by atoms with Gasteiger partial charge in [0, 0.05) is 6.54 Å². The topological polar surface area (TPSA) is 91.5 Å². The Morgan fingerprint density at radius 2 is 1.61 bits per heavy atom. The second kappa shape index (κ2) is 11.4. The molecule has 0 fully saturated rings. The van der Waals surface area contributed by atoms with Crippen molar-refractivity contribution in [1.29, 1.82) is 0 Å². The number of para-hydroxylation sites is 2. The molecule has 0 spiro atoms. The normalized spacial score (nSPS) is 10.8. The van der Waals surface area contributed by atoms with Crippen molar-refractivity contribution < 1.29 is 14.3 Å². The summed E-state index contributed by atoms with van der Waals surface area (Å²) in [5, 5.41) is 7.84. The van der Waals surface area contributed by atoms with Crippen molar-refractivity contribution in [2.75, 3.05) is 25.7 Å². The van der Waals surface area contributed by atoms with Crippen LogP contribution in [-0.2, 0) is 6.42 Å². The highest BCUT2D eigenvalue weighted by Crippen LogP contribution is 2.30. The summed E-state index contributed by atoms with van der Waals surface area (Å²) in [5.41, 5.74) is 2.47. The maximum Gasteiger partial charge on any atom is 0.377 e. The largest absolute Gasteiger partial charge is 0.495 e. The molecule has 0 saturated heterocycles. The number of carbonyl (C=O) groups excluding carboxylic acids is 1. The van der Waals surface area contributed by atoms with E-state index in [-0.39, 0.29) is 0 Å². The zero-order valence-corrected chi connectivity index (χ0v) is 20.6. The van der Waals surface area contributed by atoms with Crippen molar-refractivity contribution >= 4 is 11.7 Å². The van der Waals surface area contributed by atoms with E-state index in [1.165, 1.54) is 17.6 Å². The van der Waals surface area contributed by atoms with Crippen LogP contribution in [0.4, 0.5) is 10.5 Å². The first-order valence-corrected chi connectivity index (χ1v) is 11.7. The minimum absolute atomic E-state index is 0.374. The molecule has 0 N–H and O–H groups in total. The van der Waals surface area contributed by atoms with Gasteiger partial charge in [-0.1, -0.05) is 48.5 Å². The number of amides is 1. The van der Waals surface area contributed by atoms with E-state index in [0.29, 0.717) is 35.8 Å². The average molecular weight is 488 g/mol. The molecule has 0 radical (unpaired) electrons. The summed E-state index contributed by atoms with van der Waals surface area (Å²) in [6.07, 6.45) is 2.47. The Labute approximate surface area is 209 Å². The quantitative estimate of drug-likeness (QED) is 0.259. The summed E-state index contributed by atoms with van der Waals surface area (Å²) < 4.78 is 12.7. The molecule has 4 aromatic rings. The van der Waals surface area contributed by atoms with Gasteiger partial charge in [0.2, 0.25) is 0 Å². The molecule has 3 aromatic carbocycles. The van der Waals surface area contributed by atoms with Crippen LogP contribution in [0.1, 0.15) is 24.0 Å². The molecular weight excluding hydrogens is 458 g/mol. The molecule has 0 aliphatic rings. The zero-order valence-electron chi connectivity index (χ0n) is 20.6. The van der Waals surface area contributed by atoms with E-state index in [1.807, 2.05) is 43.3 Å². The Bertz CT molecular complexity index is 1380. The molecule has 0 unspecified atom stereocenters. The van der Waals surface area contributed by atoms with Gasteiger partial charge in [0.05, 0.1) is 19.9 Å². The number of tetrazole rings is 1. The Balaban J connectivity index is 1.64. The summed E-state index contributed by atoms with van der Waals surface area (Å²) in [4.78, 5) is 28.4. The predicted molar refractivity (Wildman–Crippen MR) is 137 cm³/mol. The second-order valence-electron chi connectivity index (χ2n) is 8.31. The van der Waals surface area contributed by atoms with Crippen LogP contribution in [0.25, 0.3) is 5.69 Å². The van der Waals surface area contributed by atoms with Crippen LogP contribution in [0.3, 0.4) is 0 Å². The number of ether oxygens (including phenoxy) is 2. The first-order valence-electron chi connectivity index (χ1n) is 11.7. The van der Waals surface area contributed by atoms with Gasteiger partial charge in [0.15, 0.2) is 0 Å². The van der Waals surface area contributed by atoms with Gasteiger partial charge < -0.3 is 9.47 Å². The second-order valence-corrected chi connectivity index (χ2v) is 8.31. The maximum absolute atomic E-state index is 13.7. The lowest BCUT2D eigenvalue weighted by molar-refractivity contribution is 0.243. The van der Waals surface area contributed by atoms with E-state index in [4.69, 9.17) is 9.47 Å². The Hall–Kier alpha value is -4.40. The van der Waals surface area contributed by atoms with Gasteiger partial charge in [0.1, 0.15) is 17.2 Å². The molecular formula is C27H29N5O4. The van der Waals surface area contributed by atoms with Gasteiger partial charge >= 0.3 is 11.7 Å². The number of methoxy groups -OCH3 is 2. The summed E-state index contributed by atoms with van der Waals surface area (Å²) >= 11 is 0. The summed E-state index contributed by atoms with van der Waals surface area (Å²) in [6.45, 7) is 2.31. The molecule has 1 aromatic heterocycles. The Morgan fingerprint density at radius 1 is 0.889 bits per heavy atom. The summed E-state index contributed by atoms with van der Waals surface area (Å²) in [7, 11) is 3.05. The number of aromatic nitrogens is 4. The number of rotatable bonds is 9. The van der Waals surface area contributed by atoms with E-state index in [9.17, 15) is 9.59 Å². The van der Waals surface area contributed by atoms with Gasteiger partial charge in [-0.15, -0.1) is 4.68 Å². The summed E-state index contributed by atoms with van der Waals surface area (Å²) in [5.74, 6) is 0.972. The molecule has 4 rings (SSSR count). The minimum Gasteiger partial charge on any atom is -0.495 e. The lowest BCUT2D eigenvalue weighted by Gasteiger charge is -2.24. The van der Waals surface area contributed by atoms with E-state index in [2.05, 4.69) is 22.6 Å². The first-order chi connectivity index (χ1) is 17.5. The SMILES string of the molecule is COc1ccc(C)cc1N(CCCCc1ccccc1)C(=O)n1nnn(-c2ccccc2OC)c1=O. The van der Waals surface area contributed by atoms with Crippen molar-refractivity contribution in [3.8, 4) is 17.2 Å². The van der Waals surface area contributed by atoms with Crippen LogP contribution >= 0.6 is 0 Å². The van der Waals surface area contributed by atoms with Crippen LogP contribution in [-0.4, -0.2) is 46.6 Å².